The molecule has 0 aromatic heterocycles. The minimum atomic E-state index is 0.0503. The molecule has 1 amide bonds. The van der Waals surface area contributed by atoms with Gasteiger partial charge in [-0.05, 0) is 52.1 Å². The first-order chi connectivity index (χ1) is 10.2. The monoisotopic (exact) mass is 296 g/mol. The lowest BCUT2D eigenvalue weighted by Crippen LogP contribution is -2.55. The highest BCUT2D eigenvalue weighted by Crippen LogP contribution is 2.14. The number of carbonyl (C=O) groups is 1. The van der Waals surface area contributed by atoms with Gasteiger partial charge in [0.15, 0.2) is 0 Å². The Kier molecular flexibility index (Phi) is 6.93. The van der Waals surface area contributed by atoms with Gasteiger partial charge in [0.1, 0.15) is 0 Å². The zero-order valence-electron chi connectivity index (χ0n) is 13.6. The lowest BCUT2D eigenvalue weighted by atomic mass is 10.1. The van der Waals surface area contributed by atoms with Gasteiger partial charge in [-0.25, -0.2) is 0 Å². The molecule has 0 saturated carbocycles. The molecule has 0 aromatic rings. The molecule has 2 aliphatic rings. The van der Waals surface area contributed by atoms with Crippen LogP contribution in [0.1, 0.15) is 39.0 Å². The first-order valence-corrected chi connectivity index (χ1v) is 8.67. The first-order valence-electron chi connectivity index (χ1n) is 8.67. The molecule has 5 heteroatoms. The van der Waals surface area contributed by atoms with E-state index in [-0.39, 0.29) is 6.04 Å². The van der Waals surface area contributed by atoms with Crippen LogP contribution in [0, 0.1) is 0 Å². The summed E-state index contributed by atoms with van der Waals surface area (Å²) in [6.07, 6.45) is 5.93. The maximum Gasteiger partial charge on any atom is 0.239 e. The van der Waals surface area contributed by atoms with Crippen molar-refractivity contribution < 1.29 is 4.79 Å². The molecular formula is C16H32N4O. The molecule has 21 heavy (non-hydrogen) atoms. The van der Waals surface area contributed by atoms with Crippen molar-refractivity contribution in [3.8, 4) is 0 Å². The Morgan fingerprint density at radius 1 is 1.00 bits per heavy atom. The molecule has 0 spiro atoms. The molecule has 2 saturated heterocycles. The van der Waals surface area contributed by atoms with Crippen molar-refractivity contribution in [3.63, 3.8) is 0 Å². The number of hydrogen-bond donors (Lipinski definition) is 1. The highest BCUT2D eigenvalue weighted by molar-refractivity contribution is 5.81. The van der Waals surface area contributed by atoms with E-state index in [1.54, 1.807) is 0 Å². The standard InChI is InChI=1S/C16H32N4O/c1-15(16(21)20-9-4-2-5-10-20)19-13-11-18(12-14-19)8-6-3-7-17/h15H,2-14,17H2,1H3. The van der Waals surface area contributed by atoms with E-state index in [1.165, 1.54) is 25.7 Å². The zero-order chi connectivity index (χ0) is 15.1. The fourth-order valence-corrected chi connectivity index (χ4v) is 3.39. The number of unbranched alkanes of at least 4 members (excludes halogenated alkanes) is 1. The average molecular weight is 296 g/mol. The molecule has 2 fully saturated rings. The van der Waals surface area contributed by atoms with E-state index in [1.807, 2.05) is 0 Å². The number of piperazine rings is 1. The number of amides is 1. The van der Waals surface area contributed by atoms with Gasteiger partial charge in [0.05, 0.1) is 6.04 Å². The molecule has 122 valence electrons. The Hall–Kier alpha value is -0.650. The van der Waals surface area contributed by atoms with E-state index < -0.39 is 0 Å². The molecule has 2 aliphatic heterocycles. The van der Waals surface area contributed by atoms with Crippen LogP contribution >= 0.6 is 0 Å². The number of nitrogens with two attached hydrogens (primary N) is 1. The fourth-order valence-electron chi connectivity index (χ4n) is 3.39. The normalized spacial score (nSPS) is 23.2. The molecule has 0 bridgehead atoms. The Bertz CT molecular complexity index is 309. The van der Waals surface area contributed by atoms with Gasteiger partial charge in [-0.3, -0.25) is 9.69 Å². The summed E-state index contributed by atoms with van der Waals surface area (Å²) in [5.74, 6) is 0.339. The molecule has 2 rings (SSSR count). The second-order valence-corrected chi connectivity index (χ2v) is 6.44. The van der Waals surface area contributed by atoms with E-state index >= 15 is 0 Å². The quantitative estimate of drug-likeness (QED) is 0.735. The van der Waals surface area contributed by atoms with E-state index in [0.717, 1.165) is 58.8 Å². The average Bonchev–Trinajstić information content (AvgIpc) is 2.55. The molecular weight excluding hydrogens is 264 g/mol. The smallest absolute Gasteiger partial charge is 0.239 e. The van der Waals surface area contributed by atoms with E-state index in [9.17, 15) is 4.79 Å². The van der Waals surface area contributed by atoms with Crippen LogP contribution in [0.4, 0.5) is 0 Å². The number of likely N-dealkylation sites (tertiary alicyclic amines) is 1. The van der Waals surface area contributed by atoms with Gasteiger partial charge in [0, 0.05) is 39.3 Å². The Morgan fingerprint density at radius 3 is 2.29 bits per heavy atom. The number of carbonyl (C=O) groups excluding carboxylic acids is 1. The highest BCUT2D eigenvalue weighted by atomic mass is 16.2. The number of piperidine rings is 1. The molecule has 2 heterocycles. The summed E-state index contributed by atoms with van der Waals surface area (Å²) < 4.78 is 0. The van der Waals surface area contributed by atoms with Crippen molar-refractivity contribution in [1.29, 1.82) is 0 Å². The predicted molar refractivity (Wildman–Crippen MR) is 86.2 cm³/mol. The van der Waals surface area contributed by atoms with Crippen molar-refractivity contribution >= 4 is 5.91 Å². The summed E-state index contributed by atoms with van der Waals surface area (Å²) in [4.78, 5) is 19.5. The van der Waals surface area contributed by atoms with Crippen LogP contribution in [0.2, 0.25) is 0 Å². The summed E-state index contributed by atoms with van der Waals surface area (Å²) in [6.45, 7) is 10.2. The highest BCUT2D eigenvalue weighted by Gasteiger charge is 2.29. The summed E-state index contributed by atoms with van der Waals surface area (Å²) in [5.41, 5.74) is 5.54. The second kappa shape index (κ2) is 8.71. The zero-order valence-corrected chi connectivity index (χ0v) is 13.6. The van der Waals surface area contributed by atoms with Crippen molar-refractivity contribution in [3.05, 3.63) is 0 Å². The topological polar surface area (TPSA) is 52.8 Å². The van der Waals surface area contributed by atoms with Gasteiger partial charge in [0.2, 0.25) is 5.91 Å². The number of nitrogens with zero attached hydrogens (tertiary/aromatic N) is 3. The summed E-state index contributed by atoms with van der Waals surface area (Å²) >= 11 is 0. The van der Waals surface area contributed by atoms with Crippen LogP contribution in [-0.4, -0.2) is 79.0 Å². The number of hydrogen-bond acceptors (Lipinski definition) is 4. The lowest BCUT2D eigenvalue weighted by Gasteiger charge is -2.39. The van der Waals surface area contributed by atoms with Crippen molar-refractivity contribution in [2.75, 3.05) is 52.4 Å². The van der Waals surface area contributed by atoms with E-state index in [2.05, 4.69) is 21.6 Å². The largest absolute Gasteiger partial charge is 0.341 e. The summed E-state index contributed by atoms with van der Waals surface area (Å²) in [6, 6.07) is 0.0503. The second-order valence-electron chi connectivity index (χ2n) is 6.44. The molecule has 1 atom stereocenters. The SMILES string of the molecule is CC(C(=O)N1CCCCC1)N1CCN(CCCCN)CC1. The first kappa shape index (κ1) is 16.7. The predicted octanol–water partition coefficient (Wildman–Crippen LogP) is 0.744. The lowest BCUT2D eigenvalue weighted by molar-refractivity contribution is -0.138. The molecule has 0 radical (unpaired) electrons. The third-order valence-corrected chi connectivity index (χ3v) is 4.91. The summed E-state index contributed by atoms with van der Waals surface area (Å²) in [5, 5.41) is 0. The minimum Gasteiger partial charge on any atom is -0.341 e. The third-order valence-electron chi connectivity index (χ3n) is 4.91. The van der Waals surface area contributed by atoms with Crippen molar-refractivity contribution in [2.45, 2.75) is 45.1 Å². The third kappa shape index (κ3) is 4.94. The van der Waals surface area contributed by atoms with Crippen LogP contribution < -0.4 is 5.73 Å². The van der Waals surface area contributed by atoms with Gasteiger partial charge in [-0.1, -0.05) is 0 Å². The van der Waals surface area contributed by atoms with Crippen LogP contribution in [0.5, 0.6) is 0 Å². The molecule has 5 nitrogen and oxygen atoms in total. The molecule has 2 N–H and O–H groups in total. The molecule has 0 aromatic carbocycles. The van der Waals surface area contributed by atoms with Crippen molar-refractivity contribution in [2.24, 2.45) is 5.73 Å². The van der Waals surface area contributed by atoms with Crippen LogP contribution in [0.3, 0.4) is 0 Å². The van der Waals surface area contributed by atoms with E-state index in [0.29, 0.717) is 5.91 Å². The maximum absolute atomic E-state index is 12.5. The Labute approximate surface area is 129 Å². The van der Waals surface area contributed by atoms with Gasteiger partial charge in [-0.2, -0.15) is 0 Å². The van der Waals surface area contributed by atoms with Crippen LogP contribution in [0.25, 0.3) is 0 Å². The molecule has 0 aliphatic carbocycles. The Balaban J connectivity index is 1.71. The minimum absolute atomic E-state index is 0.0503. The maximum atomic E-state index is 12.5. The Morgan fingerprint density at radius 2 is 1.67 bits per heavy atom. The molecule has 1 unspecified atom stereocenters. The van der Waals surface area contributed by atoms with Crippen LogP contribution in [-0.2, 0) is 4.79 Å². The van der Waals surface area contributed by atoms with Crippen molar-refractivity contribution in [1.82, 2.24) is 14.7 Å². The van der Waals surface area contributed by atoms with E-state index in [4.69, 9.17) is 5.73 Å². The van der Waals surface area contributed by atoms with Crippen LogP contribution in [0.15, 0.2) is 0 Å². The van der Waals surface area contributed by atoms with Gasteiger partial charge < -0.3 is 15.5 Å². The number of rotatable bonds is 6. The van der Waals surface area contributed by atoms with Gasteiger partial charge >= 0.3 is 0 Å². The summed E-state index contributed by atoms with van der Waals surface area (Å²) in [7, 11) is 0. The van der Waals surface area contributed by atoms with Gasteiger partial charge in [0.25, 0.3) is 0 Å². The fraction of sp³-hybridized carbons (Fsp3) is 0.938. The van der Waals surface area contributed by atoms with Gasteiger partial charge in [-0.15, -0.1) is 0 Å².